The second-order valence-corrected chi connectivity index (χ2v) is 6.82. The molecule has 134 valence electrons. The van der Waals surface area contributed by atoms with E-state index in [1.54, 1.807) is 32.9 Å². The molecule has 1 aromatic rings. The van der Waals surface area contributed by atoms with Crippen molar-refractivity contribution < 1.29 is 9.59 Å². The Labute approximate surface area is 148 Å². The van der Waals surface area contributed by atoms with Crippen molar-refractivity contribution in [1.29, 1.82) is 5.41 Å². The maximum atomic E-state index is 12.6. The van der Waals surface area contributed by atoms with Gasteiger partial charge in [-0.05, 0) is 32.4 Å². The van der Waals surface area contributed by atoms with Crippen molar-refractivity contribution in [1.82, 2.24) is 10.3 Å². The molecule has 0 spiro atoms. The number of nitrogens with one attached hydrogen (secondary N) is 3. The Morgan fingerprint density at radius 1 is 1.32 bits per heavy atom. The number of aromatic nitrogens is 1. The second-order valence-electron chi connectivity index (χ2n) is 6.82. The van der Waals surface area contributed by atoms with Gasteiger partial charge in [0, 0.05) is 29.4 Å². The van der Waals surface area contributed by atoms with Crippen LogP contribution in [-0.2, 0) is 4.79 Å². The first-order chi connectivity index (χ1) is 11.7. The highest BCUT2D eigenvalue weighted by molar-refractivity contribution is 5.97. The summed E-state index contributed by atoms with van der Waals surface area (Å²) in [7, 11) is 0. The molecule has 1 heterocycles. The van der Waals surface area contributed by atoms with Gasteiger partial charge in [-0.25, -0.2) is 4.98 Å². The van der Waals surface area contributed by atoms with Crippen LogP contribution < -0.4 is 10.6 Å². The van der Waals surface area contributed by atoms with Crippen molar-refractivity contribution in [2.75, 3.05) is 5.32 Å². The Kier molecular flexibility index (Phi) is 5.40. The molecule has 2 rings (SSSR count). The highest BCUT2D eigenvalue weighted by atomic mass is 16.2. The van der Waals surface area contributed by atoms with Gasteiger partial charge < -0.3 is 16.0 Å². The molecule has 6 nitrogen and oxygen atoms in total. The van der Waals surface area contributed by atoms with Crippen LogP contribution in [0, 0.1) is 23.7 Å². The van der Waals surface area contributed by atoms with Crippen molar-refractivity contribution in [3.63, 3.8) is 0 Å². The molecule has 0 bridgehead atoms. The molecule has 2 atom stereocenters. The van der Waals surface area contributed by atoms with E-state index < -0.39 is 5.41 Å². The molecule has 1 aromatic heterocycles. The normalized spacial score (nSPS) is 19.8. The van der Waals surface area contributed by atoms with Crippen molar-refractivity contribution in [3.8, 4) is 0 Å². The molecule has 0 radical (unpaired) electrons. The monoisotopic (exact) mass is 342 g/mol. The van der Waals surface area contributed by atoms with Crippen LogP contribution in [0.3, 0.4) is 0 Å². The molecule has 0 aromatic carbocycles. The molecule has 2 amide bonds. The lowest BCUT2D eigenvalue weighted by atomic mass is 9.91. The molecular formula is C19H26N4O2. The lowest BCUT2D eigenvalue weighted by molar-refractivity contribution is -0.118. The standard InChI is InChI=1S/C19H26N4O2/c1-6-15-9-19(15,10-20)13(5)22-18(25)14-7-12(4)21-16(8-14)23-17(24)11(2)3/h7-11,13,20H,6H2,1-5H3,(H,22,25)(H,21,23,24). The van der Waals surface area contributed by atoms with Crippen LogP contribution in [0.2, 0.25) is 0 Å². The lowest BCUT2D eigenvalue weighted by Gasteiger charge is -2.23. The van der Waals surface area contributed by atoms with E-state index >= 15 is 0 Å². The van der Waals surface area contributed by atoms with Crippen LogP contribution >= 0.6 is 0 Å². The molecule has 0 saturated heterocycles. The molecule has 0 fully saturated rings. The van der Waals surface area contributed by atoms with Gasteiger partial charge >= 0.3 is 0 Å². The number of aryl methyl sites for hydroxylation is 1. The molecular weight excluding hydrogens is 316 g/mol. The molecule has 1 aliphatic rings. The average Bonchev–Trinajstić information content (AvgIpc) is 3.29. The first kappa shape index (κ1) is 18.8. The molecule has 0 aliphatic heterocycles. The zero-order valence-corrected chi connectivity index (χ0v) is 15.4. The summed E-state index contributed by atoms with van der Waals surface area (Å²) in [4.78, 5) is 28.7. The lowest BCUT2D eigenvalue weighted by Crippen LogP contribution is -2.41. The Morgan fingerprint density at radius 2 is 2.00 bits per heavy atom. The third-order valence-electron chi connectivity index (χ3n) is 4.56. The highest BCUT2D eigenvalue weighted by Gasteiger charge is 2.46. The summed E-state index contributed by atoms with van der Waals surface area (Å²) in [5.41, 5.74) is 1.84. The van der Waals surface area contributed by atoms with E-state index in [4.69, 9.17) is 5.41 Å². The van der Waals surface area contributed by atoms with Crippen molar-refractivity contribution >= 4 is 23.8 Å². The summed E-state index contributed by atoms with van der Waals surface area (Å²) in [6.07, 6.45) is 4.29. The minimum atomic E-state index is -0.429. The fraction of sp³-hybridized carbons (Fsp3) is 0.474. The van der Waals surface area contributed by atoms with Gasteiger partial charge in [-0.15, -0.1) is 0 Å². The van der Waals surface area contributed by atoms with E-state index in [0.29, 0.717) is 17.1 Å². The number of anilines is 1. The largest absolute Gasteiger partial charge is 0.348 e. The van der Waals surface area contributed by atoms with E-state index in [1.165, 1.54) is 11.8 Å². The van der Waals surface area contributed by atoms with E-state index in [1.807, 2.05) is 19.9 Å². The van der Waals surface area contributed by atoms with E-state index in [2.05, 4.69) is 15.6 Å². The van der Waals surface area contributed by atoms with Gasteiger partial charge in [0.05, 0.1) is 5.41 Å². The van der Waals surface area contributed by atoms with Crippen molar-refractivity contribution in [2.45, 2.75) is 47.1 Å². The smallest absolute Gasteiger partial charge is 0.251 e. The molecule has 2 unspecified atom stereocenters. The average molecular weight is 342 g/mol. The quantitative estimate of drug-likeness (QED) is 0.525. The molecule has 1 aliphatic carbocycles. The van der Waals surface area contributed by atoms with Crippen LogP contribution in [0.5, 0.6) is 0 Å². The predicted molar refractivity (Wildman–Crippen MR) is 99.0 cm³/mol. The van der Waals surface area contributed by atoms with E-state index in [0.717, 1.165) is 6.42 Å². The Balaban J connectivity index is 2.13. The summed E-state index contributed by atoms with van der Waals surface area (Å²) < 4.78 is 0. The van der Waals surface area contributed by atoms with Crippen LogP contribution in [0.4, 0.5) is 5.82 Å². The highest BCUT2D eigenvalue weighted by Crippen LogP contribution is 2.47. The number of carbonyl (C=O) groups excluding carboxylic acids is 2. The first-order valence-electron chi connectivity index (χ1n) is 8.57. The summed E-state index contributed by atoms with van der Waals surface area (Å²) >= 11 is 0. The Hall–Kier alpha value is -2.50. The Bertz CT molecular complexity index is 739. The number of hydrogen-bond acceptors (Lipinski definition) is 4. The van der Waals surface area contributed by atoms with Gasteiger partial charge in [-0.3, -0.25) is 9.59 Å². The van der Waals surface area contributed by atoms with Gasteiger partial charge in [0.25, 0.3) is 5.91 Å². The minimum Gasteiger partial charge on any atom is -0.348 e. The topological polar surface area (TPSA) is 94.9 Å². The van der Waals surface area contributed by atoms with Crippen LogP contribution in [0.25, 0.3) is 0 Å². The minimum absolute atomic E-state index is 0.143. The van der Waals surface area contributed by atoms with Crippen LogP contribution in [0.1, 0.15) is 50.2 Å². The summed E-state index contributed by atoms with van der Waals surface area (Å²) in [5.74, 6) is -0.178. The maximum absolute atomic E-state index is 12.6. The van der Waals surface area contributed by atoms with E-state index in [9.17, 15) is 9.59 Å². The molecule has 3 N–H and O–H groups in total. The summed E-state index contributed by atoms with van der Waals surface area (Å²) in [6, 6.07) is 3.06. The number of rotatable bonds is 7. The number of carbonyl (C=O) groups is 2. The van der Waals surface area contributed by atoms with Crippen molar-refractivity contribution in [2.24, 2.45) is 11.3 Å². The van der Waals surface area contributed by atoms with Gasteiger partial charge in [-0.2, -0.15) is 0 Å². The zero-order valence-electron chi connectivity index (χ0n) is 15.4. The number of pyridine rings is 1. The second kappa shape index (κ2) is 7.17. The third kappa shape index (κ3) is 3.95. The van der Waals surface area contributed by atoms with Crippen LogP contribution in [0.15, 0.2) is 23.8 Å². The van der Waals surface area contributed by atoms with Gasteiger partial charge in [0.1, 0.15) is 5.82 Å². The zero-order chi connectivity index (χ0) is 18.8. The fourth-order valence-electron chi connectivity index (χ4n) is 2.86. The number of hydrogen-bond donors (Lipinski definition) is 3. The first-order valence-corrected chi connectivity index (χ1v) is 8.57. The Morgan fingerprint density at radius 3 is 2.52 bits per heavy atom. The summed E-state index contributed by atoms with van der Waals surface area (Å²) in [6.45, 7) is 9.32. The number of amides is 2. The molecule has 6 heteroatoms. The van der Waals surface area contributed by atoms with Gasteiger partial charge in [0.2, 0.25) is 5.91 Å². The van der Waals surface area contributed by atoms with E-state index in [-0.39, 0.29) is 23.8 Å². The van der Waals surface area contributed by atoms with Gasteiger partial charge in [0.15, 0.2) is 0 Å². The van der Waals surface area contributed by atoms with Crippen LogP contribution in [-0.4, -0.2) is 29.1 Å². The van der Waals surface area contributed by atoms with Gasteiger partial charge in [-0.1, -0.05) is 32.4 Å². The fourth-order valence-corrected chi connectivity index (χ4v) is 2.86. The third-order valence-corrected chi connectivity index (χ3v) is 4.56. The molecule has 0 saturated carbocycles. The van der Waals surface area contributed by atoms with Crippen molar-refractivity contribution in [3.05, 3.63) is 35.0 Å². The molecule has 25 heavy (non-hydrogen) atoms. The predicted octanol–water partition coefficient (Wildman–Crippen LogP) is 3.09. The SMILES string of the molecule is CCC1=CC1(C=N)C(C)NC(=O)c1cc(C)nc(NC(=O)C(C)C)c1. The maximum Gasteiger partial charge on any atom is 0.251 e. The summed E-state index contributed by atoms with van der Waals surface area (Å²) in [5, 5.41) is 13.4. The number of nitrogens with zero attached hydrogens (tertiary/aromatic N) is 1.